The molecule has 1 saturated carbocycles. The Kier molecular flexibility index (Phi) is 3.71. The molecule has 0 saturated heterocycles. The fraction of sp³-hybridized carbons (Fsp3) is 0.615. The van der Waals surface area contributed by atoms with Gasteiger partial charge in [-0.05, 0) is 25.0 Å². The van der Waals surface area contributed by atoms with E-state index in [9.17, 15) is 4.79 Å². The van der Waals surface area contributed by atoms with Crippen molar-refractivity contribution in [3.63, 3.8) is 0 Å². The van der Waals surface area contributed by atoms with E-state index in [0.29, 0.717) is 12.6 Å². The molecule has 0 aromatic carbocycles. The van der Waals surface area contributed by atoms with Crippen molar-refractivity contribution in [2.24, 2.45) is 7.05 Å². The molecule has 0 atom stereocenters. The summed E-state index contributed by atoms with van der Waals surface area (Å²) in [5.74, 6) is 0. The standard InChI is InChI=1S/C13H21N3O/c1-15-9-5-8-12(15)10-16(2)13(17)14-11-6-3-4-7-11/h5,8-9,11H,3-4,6-7,10H2,1-2H3,(H,14,17). The minimum Gasteiger partial charge on any atom is -0.353 e. The molecule has 94 valence electrons. The minimum atomic E-state index is 0.0399. The third-order valence-corrected chi connectivity index (χ3v) is 3.48. The number of hydrogen-bond donors (Lipinski definition) is 1. The highest BCUT2D eigenvalue weighted by molar-refractivity contribution is 5.74. The SMILES string of the molecule is CN(Cc1cccn1C)C(=O)NC1CCCC1. The molecular formula is C13H21N3O. The van der Waals surface area contributed by atoms with E-state index in [1.54, 1.807) is 4.90 Å². The van der Waals surface area contributed by atoms with E-state index in [1.165, 1.54) is 12.8 Å². The Morgan fingerprint density at radius 2 is 2.24 bits per heavy atom. The van der Waals surface area contributed by atoms with Crippen LogP contribution in [0.5, 0.6) is 0 Å². The molecule has 0 aliphatic heterocycles. The molecule has 1 aliphatic carbocycles. The van der Waals surface area contributed by atoms with Gasteiger partial charge in [-0.2, -0.15) is 0 Å². The Balaban J connectivity index is 1.84. The van der Waals surface area contributed by atoms with Gasteiger partial charge in [0.1, 0.15) is 0 Å². The summed E-state index contributed by atoms with van der Waals surface area (Å²) in [4.78, 5) is 13.7. The first-order valence-corrected chi connectivity index (χ1v) is 6.28. The largest absolute Gasteiger partial charge is 0.353 e. The van der Waals surface area contributed by atoms with Gasteiger partial charge in [0.25, 0.3) is 0 Å². The number of nitrogens with one attached hydrogen (secondary N) is 1. The third-order valence-electron chi connectivity index (χ3n) is 3.48. The highest BCUT2D eigenvalue weighted by atomic mass is 16.2. The van der Waals surface area contributed by atoms with E-state index in [-0.39, 0.29) is 6.03 Å². The van der Waals surface area contributed by atoms with Gasteiger partial charge in [-0.15, -0.1) is 0 Å². The Labute approximate surface area is 103 Å². The average molecular weight is 235 g/mol. The average Bonchev–Trinajstić information content (AvgIpc) is 2.91. The van der Waals surface area contributed by atoms with E-state index in [4.69, 9.17) is 0 Å². The zero-order valence-corrected chi connectivity index (χ0v) is 10.6. The maximum absolute atomic E-state index is 11.9. The summed E-state index contributed by atoms with van der Waals surface area (Å²) in [6, 6.07) is 4.47. The number of aryl methyl sites for hydroxylation is 1. The summed E-state index contributed by atoms with van der Waals surface area (Å²) < 4.78 is 2.04. The molecule has 1 aromatic heterocycles. The van der Waals surface area contributed by atoms with Gasteiger partial charge < -0.3 is 14.8 Å². The first-order chi connectivity index (χ1) is 8.16. The number of rotatable bonds is 3. The Morgan fingerprint density at radius 3 is 2.82 bits per heavy atom. The van der Waals surface area contributed by atoms with Gasteiger partial charge in [-0.25, -0.2) is 4.79 Å². The molecule has 4 heteroatoms. The van der Waals surface area contributed by atoms with Gasteiger partial charge in [0.15, 0.2) is 0 Å². The van der Waals surface area contributed by atoms with Crippen LogP contribution in [0.3, 0.4) is 0 Å². The molecular weight excluding hydrogens is 214 g/mol. The van der Waals surface area contributed by atoms with Gasteiger partial charge >= 0.3 is 6.03 Å². The number of hydrogen-bond acceptors (Lipinski definition) is 1. The number of urea groups is 1. The molecule has 1 heterocycles. The maximum Gasteiger partial charge on any atom is 0.317 e. The predicted octanol–water partition coefficient (Wildman–Crippen LogP) is 2.11. The number of aromatic nitrogens is 1. The van der Waals surface area contributed by atoms with Crippen molar-refractivity contribution >= 4 is 6.03 Å². The molecule has 2 rings (SSSR count). The summed E-state index contributed by atoms with van der Waals surface area (Å²) in [5, 5.41) is 3.09. The van der Waals surface area contributed by atoms with Crippen molar-refractivity contribution in [2.45, 2.75) is 38.3 Å². The molecule has 4 nitrogen and oxygen atoms in total. The van der Waals surface area contributed by atoms with Gasteiger partial charge in [0.05, 0.1) is 6.54 Å². The van der Waals surface area contributed by atoms with Gasteiger partial charge in [-0.3, -0.25) is 0 Å². The van der Waals surface area contributed by atoms with E-state index >= 15 is 0 Å². The van der Waals surface area contributed by atoms with Crippen molar-refractivity contribution < 1.29 is 4.79 Å². The summed E-state index contributed by atoms with van der Waals surface area (Å²) in [6.07, 6.45) is 6.74. The van der Waals surface area contributed by atoms with E-state index < -0.39 is 0 Å². The van der Waals surface area contributed by atoms with E-state index in [0.717, 1.165) is 18.5 Å². The lowest BCUT2D eigenvalue weighted by Gasteiger charge is -2.21. The van der Waals surface area contributed by atoms with Crippen LogP contribution < -0.4 is 5.32 Å². The van der Waals surface area contributed by atoms with Crippen LogP contribution in [0.4, 0.5) is 4.79 Å². The van der Waals surface area contributed by atoms with Gasteiger partial charge in [-0.1, -0.05) is 12.8 Å². The topological polar surface area (TPSA) is 37.3 Å². The summed E-state index contributed by atoms with van der Waals surface area (Å²) in [6.45, 7) is 0.655. The molecule has 0 unspecified atom stereocenters. The van der Waals surface area contributed by atoms with Crippen LogP contribution in [-0.2, 0) is 13.6 Å². The molecule has 2 amide bonds. The van der Waals surface area contributed by atoms with Crippen LogP contribution in [0.15, 0.2) is 18.3 Å². The van der Waals surface area contributed by atoms with Crippen molar-refractivity contribution in [1.82, 2.24) is 14.8 Å². The van der Waals surface area contributed by atoms with Crippen molar-refractivity contribution in [3.05, 3.63) is 24.0 Å². The predicted molar refractivity (Wildman–Crippen MR) is 67.7 cm³/mol. The van der Waals surface area contributed by atoms with E-state index in [2.05, 4.69) is 5.32 Å². The quantitative estimate of drug-likeness (QED) is 0.856. The number of nitrogens with zero attached hydrogens (tertiary/aromatic N) is 2. The van der Waals surface area contributed by atoms with Crippen molar-refractivity contribution in [3.8, 4) is 0 Å². The summed E-state index contributed by atoms with van der Waals surface area (Å²) >= 11 is 0. The van der Waals surface area contributed by atoms with Crippen molar-refractivity contribution in [1.29, 1.82) is 0 Å². The van der Waals surface area contributed by atoms with Crippen LogP contribution in [0.2, 0.25) is 0 Å². The number of carbonyl (C=O) groups excluding carboxylic acids is 1. The normalized spacial score (nSPS) is 16.1. The van der Waals surface area contributed by atoms with Crippen molar-refractivity contribution in [2.75, 3.05) is 7.05 Å². The second kappa shape index (κ2) is 5.25. The fourth-order valence-corrected chi connectivity index (χ4v) is 2.33. The molecule has 1 aromatic rings. The second-order valence-corrected chi connectivity index (χ2v) is 4.90. The Morgan fingerprint density at radius 1 is 1.53 bits per heavy atom. The molecule has 0 spiro atoms. The first-order valence-electron chi connectivity index (χ1n) is 6.28. The lowest BCUT2D eigenvalue weighted by molar-refractivity contribution is 0.202. The molecule has 1 aliphatic rings. The third kappa shape index (κ3) is 3.02. The Hall–Kier alpha value is -1.45. The highest BCUT2D eigenvalue weighted by Gasteiger charge is 2.19. The number of amides is 2. The monoisotopic (exact) mass is 235 g/mol. The van der Waals surface area contributed by atoms with Crippen LogP contribution in [0.1, 0.15) is 31.4 Å². The van der Waals surface area contributed by atoms with Gasteiger partial charge in [0.2, 0.25) is 0 Å². The molecule has 1 N–H and O–H groups in total. The van der Waals surface area contributed by atoms with Gasteiger partial charge in [0, 0.05) is 32.0 Å². The minimum absolute atomic E-state index is 0.0399. The van der Waals surface area contributed by atoms with Crippen LogP contribution in [-0.4, -0.2) is 28.6 Å². The highest BCUT2D eigenvalue weighted by Crippen LogP contribution is 2.17. The smallest absolute Gasteiger partial charge is 0.317 e. The zero-order valence-electron chi connectivity index (χ0n) is 10.6. The maximum atomic E-state index is 11.9. The number of carbonyl (C=O) groups is 1. The first kappa shape index (κ1) is 12.0. The lowest BCUT2D eigenvalue weighted by atomic mass is 10.2. The molecule has 1 fully saturated rings. The molecule has 0 radical (unpaired) electrons. The molecule has 17 heavy (non-hydrogen) atoms. The van der Waals surface area contributed by atoms with Crippen LogP contribution in [0, 0.1) is 0 Å². The van der Waals surface area contributed by atoms with E-state index in [1.807, 2.05) is 37.0 Å². The fourth-order valence-electron chi connectivity index (χ4n) is 2.33. The lowest BCUT2D eigenvalue weighted by Crippen LogP contribution is -2.41. The Bertz CT molecular complexity index is 380. The second-order valence-electron chi connectivity index (χ2n) is 4.90. The molecule has 0 bridgehead atoms. The summed E-state index contributed by atoms with van der Waals surface area (Å²) in [5.41, 5.74) is 1.15. The van der Waals surface area contributed by atoms with Crippen LogP contribution in [0.25, 0.3) is 0 Å². The van der Waals surface area contributed by atoms with Crippen LogP contribution >= 0.6 is 0 Å². The zero-order chi connectivity index (χ0) is 12.3. The summed E-state index contributed by atoms with van der Waals surface area (Å²) in [7, 11) is 3.84.